The van der Waals surface area contributed by atoms with Crippen LogP contribution in [0.4, 0.5) is 0 Å². The largest absolute Gasteiger partial charge is 0.329 e. The maximum absolute atomic E-state index is 5.86. The second-order valence-electron chi connectivity index (χ2n) is 5.52. The van der Waals surface area contributed by atoms with Crippen LogP contribution in [0.1, 0.15) is 47.0 Å². The van der Waals surface area contributed by atoms with E-state index in [0.29, 0.717) is 0 Å². The van der Waals surface area contributed by atoms with Gasteiger partial charge in [0.25, 0.3) is 0 Å². The van der Waals surface area contributed by atoms with Crippen LogP contribution in [0.3, 0.4) is 0 Å². The highest BCUT2D eigenvalue weighted by molar-refractivity contribution is 4.90. The number of nitrogens with zero attached hydrogens (tertiary/aromatic N) is 1. The highest BCUT2D eigenvalue weighted by Gasteiger charge is 2.34. The Bertz CT molecular complexity index is 175. The fraction of sp³-hybridized carbons (Fsp3) is 1.00. The van der Waals surface area contributed by atoms with Crippen molar-refractivity contribution in [2.24, 2.45) is 11.7 Å². The first-order valence-electron chi connectivity index (χ1n) is 5.96. The maximum atomic E-state index is 5.86. The molecule has 0 saturated carbocycles. The second-order valence-corrected chi connectivity index (χ2v) is 5.52. The van der Waals surface area contributed by atoms with Crippen molar-refractivity contribution in [1.29, 1.82) is 0 Å². The molecule has 2 heteroatoms. The summed E-state index contributed by atoms with van der Waals surface area (Å²) >= 11 is 0. The van der Waals surface area contributed by atoms with E-state index >= 15 is 0 Å². The summed E-state index contributed by atoms with van der Waals surface area (Å²) in [5, 5.41) is 0. The van der Waals surface area contributed by atoms with Gasteiger partial charge in [0.05, 0.1) is 0 Å². The molecule has 1 fully saturated rings. The van der Waals surface area contributed by atoms with Gasteiger partial charge in [-0.2, -0.15) is 0 Å². The third-order valence-electron chi connectivity index (χ3n) is 3.60. The summed E-state index contributed by atoms with van der Waals surface area (Å²) < 4.78 is 0. The molecule has 0 radical (unpaired) electrons. The summed E-state index contributed by atoms with van der Waals surface area (Å²) in [4.78, 5) is 2.63. The molecule has 0 amide bonds. The van der Waals surface area contributed by atoms with Crippen LogP contribution in [-0.2, 0) is 0 Å². The van der Waals surface area contributed by atoms with Crippen LogP contribution in [-0.4, -0.2) is 29.6 Å². The summed E-state index contributed by atoms with van der Waals surface area (Å²) in [5.74, 6) is 0.751. The van der Waals surface area contributed by atoms with E-state index < -0.39 is 0 Å². The van der Waals surface area contributed by atoms with Gasteiger partial charge in [-0.1, -0.05) is 20.3 Å². The van der Waals surface area contributed by atoms with Crippen molar-refractivity contribution >= 4 is 0 Å². The molecule has 0 aromatic carbocycles. The lowest BCUT2D eigenvalue weighted by Gasteiger charge is -2.47. The third-order valence-corrected chi connectivity index (χ3v) is 3.60. The van der Waals surface area contributed by atoms with Gasteiger partial charge >= 0.3 is 0 Å². The number of rotatable bonds is 3. The molecule has 1 aliphatic heterocycles. The van der Waals surface area contributed by atoms with E-state index in [-0.39, 0.29) is 5.54 Å². The molecule has 0 aliphatic carbocycles. The zero-order chi connectivity index (χ0) is 10.8. The number of hydrogen-bond acceptors (Lipinski definition) is 2. The van der Waals surface area contributed by atoms with Gasteiger partial charge in [0.15, 0.2) is 0 Å². The zero-order valence-corrected chi connectivity index (χ0v) is 10.2. The number of likely N-dealkylation sites (tertiary alicyclic amines) is 1. The lowest BCUT2D eigenvalue weighted by atomic mass is 9.87. The van der Waals surface area contributed by atoms with Crippen LogP contribution in [0.15, 0.2) is 0 Å². The monoisotopic (exact) mass is 198 g/mol. The molecule has 1 rings (SSSR count). The molecule has 0 bridgehead atoms. The van der Waals surface area contributed by atoms with Crippen molar-refractivity contribution in [2.75, 3.05) is 13.1 Å². The van der Waals surface area contributed by atoms with Crippen LogP contribution < -0.4 is 5.73 Å². The minimum absolute atomic E-state index is 0.176. The van der Waals surface area contributed by atoms with E-state index in [0.717, 1.165) is 18.5 Å². The van der Waals surface area contributed by atoms with Gasteiger partial charge in [0.1, 0.15) is 0 Å². The second kappa shape index (κ2) is 4.63. The Balaban J connectivity index is 2.72. The molecule has 1 atom stereocenters. The predicted octanol–water partition coefficient (Wildman–Crippen LogP) is 2.23. The van der Waals surface area contributed by atoms with Gasteiger partial charge in [-0.25, -0.2) is 0 Å². The standard InChI is InChI=1S/C12H26N2/c1-10(2)11-7-5-6-8-14(11)12(3,4)9-13/h10-11H,5-9,13H2,1-4H3/t11-/m0/s1. The molecule has 1 saturated heterocycles. The summed E-state index contributed by atoms with van der Waals surface area (Å²) in [5.41, 5.74) is 6.03. The van der Waals surface area contributed by atoms with Crippen molar-refractivity contribution in [1.82, 2.24) is 4.90 Å². The third kappa shape index (κ3) is 2.48. The number of nitrogens with two attached hydrogens (primary N) is 1. The number of piperidine rings is 1. The highest BCUT2D eigenvalue weighted by atomic mass is 15.2. The van der Waals surface area contributed by atoms with Gasteiger partial charge in [0, 0.05) is 18.1 Å². The molecular formula is C12H26N2. The van der Waals surface area contributed by atoms with E-state index in [4.69, 9.17) is 5.73 Å². The Hall–Kier alpha value is -0.0800. The van der Waals surface area contributed by atoms with E-state index in [1.165, 1.54) is 25.8 Å². The molecule has 84 valence electrons. The van der Waals surface area contributed by atoms with E-state index in [1.807, 2.05) is 0 Å². The molecule has 0 unspecified atom stereocenters. The summed E-state index contributed by atoms with van der Waals surface area (Å²) in [6.07, 6.45) is 4.08. The van der Waals surface area contributed by atoms with Gasteiger partial charge < -0.3 is 5.73 Å². The topological polar surface area (TPSA) is 29.3 Å². The van der Waals surface area contributed by atoms with Crippen LogP contribution in [0, 0.1) is 5.92 Å². The smallest absolute Gasteiger partial charge is 0.0278 e. The molecule has 2 N–H and O–H groups in total. The Morgan fingerprint density at radius 1 is 1.36 bits per heavy atom. The normalized spacial score (nSPS) is 25.7. The van der Waals surface area contributed by atoms with Crippen LogP contribution in [0.25, 0.3) is 0 Å². The van der Waals surface area contributed by atoms with Crippen LogP contribution in [0.2, 0.25) is 0 Å². The fourth-order valence-electron chi connectivity index (χ4n) is 2.52. The first-order chi connectivity index (χ1) is 6.49. The average molecular weight is 198 g/mol. The lowest BCUT2D eigenvalue weighted by Crippen LogP contribution is -2.57. The Labute approximate surface area is 88.8 Å². The first-order valence-corrected chi connectivity index (χ1v) is 5.96. The average Bonchev–Trinajstić information content (AvgIpc) is 2.18. The van der Waals surface area contributed by atoms with Crippen molar-refractivity contribution in [3.63, 3.8) is 0 Å². The SMILES string of the molecule is CC(C)[C@@H]1CCCCN1C(C)(C)CN. The van der Waals surface area contributed by atoms with Crippen molar-refractivity contribution in [3.05, 3.63) is 0 Å². The van der Waals surface area contributed by atoms with Gasteiger partial charge in [-0.15, -0.1) is 0 Å². The van der Waals surface area contributed by atoms with E-state index in [9.17, 15) is 0 Å². The Kier molecular flexibility index (Phi) is 3.96. The van der Waals surface area contributed by atoms with Crippen molar-refractivity contribution in [3.8, 4) is 0 Å². The predicted molar refractivity (Wildman–Crippen MR) is 62.3 cm³/mol. The summed E-state index contributed by atoms with van der Waals surface area (Å²) in [6.45, 7) is 11.2. The maximum Gasteiger partial charge on any atom is 0.0278 e. The minimum Gasteiger partial charge on any atom is -0.329 e. The van der Waals surface area contributed by atoms with Gasteiger partial charge in [-0.05, 0) is 39.2 Å². The lowest BCUT2D eigenvalue weighted by molar-refractivity contribution is 0.0226. The summed E-state index contributed by atoms with van der Waals surface area (Å²) in [7, 11) is 0. The van der Waals surface area contributed by atoms with Crippen LogP contribution in [0.5, 0.6) is 0 Å². The first kappa shape index (κ1) is 12.0. The number of hydrogen-bond donors (Lipinski definition) is 1. The Morgan fingerprint density at radius 2 is 2.00 bits per heavy atom. The fourth-order valence-corrected chi connectivity index (χ4v) is 2.52. The molecule has 14 heavy (non-hydrogen) atoms. The molecule has 0 spiro atoms. The van der Waals surface area contributed by atoms with Crippen LogP contribution >= 0.6 is 0 Å². The quantitative estimate of drug-likeness (QED) is 0.753. The molecule has 0 aromatic heterocycles. The minimum atomic E-state index is 0.176. The molecular weight excluding hydrogens is 172 g/mol. The molecule has 0 aromatic rings. The van der Waals surface area contributed by atoms with Gasteiger partial charge in [0.2, 0.25) is 0 Å². The molecule has 1 heterocycles. The van der Waals surface area contributed by atoms with E-state index in [2.05, 4.69) is 32.6 Å². The zero-order valence-electron chi connectivity index (χ0n) is 10.2. The Morgan fingerprint density at radius 3 is 2.50 bits per heavy atom. The van der Waals surface area contributed by atoms with Gasteiger partial charge in [-0.3, -0.25) is 4.90 Å². The van der Waals surface area contributed by atoms with E-state index in [1.54, 1.807) is 0 Å². The molecule has 1 aliphatic rings. The molecule has 2 nitrogen and oxygen atoms in total. The highest BCUT2D eigenvalue weighted by Crippen LogP contribution is 2.29. The van der Waals surface area contributed by atoms with Crippen molar-refractivity contribution in [2.45, 2.75) is 58.5 Å². The van der Waals surface area contributed by atoms with Crippen molar-refractivity contribution < 1.29 is 0 Å². The summed E-state index contributed by atoms with van der Waals surface area (Å²) in [6, 6.07) is 0.738.